The van der Waals surface area contributed by atoms with Crippen LogP contribution < -0.4 is 15.0 Å². The molecular formula is C27H29N3O4. The number of hydrogen-bond acceptors (Lipinski definition) is 5. The van der Waals surface area contributed by atoms with E-state index >= 15 is 0 Å². The number of carbonyl (C=O) groups is 2. The molecule has 1 N–H and O–H groups in total. The lowest BCUT2D eigenvalue weighted by Gasteiger charge is -2.38. The molecule has 7 nitrogen and oxygen atoms in total. The third-order valence-electron chi connectivity index (χ3n) is 6.46. The Hall–Kier alpha value is -3.58. The maximum Gasteiger partial charge on any atom is 0.265 e. The highest BCUT2D eigenvalue weighted by atomic mass is 16.5. The summed E-state index contributed by atoms with van der Waals surface area (Å²) in [5, 5.41) is 5.42. The zero-order chi connectivity index (χ0) is 23.5. The average molecular weight is 460 g/mol. The summed E-state index contributed by atoms with van der Waals surface area (Å²) in [4.78, 5) is 29.9. The van der Waals surface area contributed by atoms with Gasteiger partial charge in [-0.2, -0.15) is 0 Å². The van der Waals surface area contributed by atoms with Crippen LogP contribution in [0.3, 0.4) is 0 Å². The number of ether oxygens (including phenoxy) is 2. The molecule has 0 aromatic heterocycles. The second-order valence-electron chi connectivity index (χ2n) is 8.75. The quantitative estimate of drug-likeness (QED) is 0.635. The van der Waals surface area contributed by atoms with Gasteiger partial charge in [0.2, 0.25) is 5.91 Å². The van der Waals surface area contributed by atoms with E-state index in [-0.39, 0.29) is 24.4 Å². The molecule has 3 aromatic rings. The summed E-state index contributed by atoms with van der Waals surface area (Å²) in [6.07, 6.45) is -0.656. The first-order valence-corrected chi connectivity index (χ1v) is 11.7. The van der Waals surface area contributed by atoms with Crippen LogP contribution in [0.25, 0.3) is 10.8 Å². The molecule has 1 saturated heterocycles. The molecule has 0 spiro atoms. The van der Waals surface area contributed by atoms with Crippen molar-refractivity contribution in [2.75, 3.05) is 44.3 Å². The van der Waals surface area contributed by atoms with Crippen LogP contribution in [-0.2, 0) is 14.3 Å². The van der Waals surface area contributed by atoms with E-state index in [1.54, 1.807) is 4.90 Å². The van der Waals surface area contributed by atoms with Gasteiger partial charge in [-0.25, -0.2) is 0 Å². The van der Waals surface area contributed by atoms with Crippen LogP contribution in [0.1, 0.15) is 18.5 Å². The first-order valence-electron chi connectivity index (χ1n) is 11.7. The molecule has 5 rings (SSSR count). The van der Waals surface area contributed by atoms with E-state index in [0.29, 0.717) is 38.6 Å². The van der Waals surface area contributed by atoms with E-state index in [1.165, 1.54) is 0 Å². The molecule has 1 fully saturated rings. The molecule has 7 heteroatoms. The topological polar surface area (TPSA) is 71.1 Å². The molecule has 2 aliphatic rings. The van der Waals surface area contributed by atoms with Gasteiger partial charge in [0.25, 0.3) is 5.91 Å². The van der Waals surface area contributed by atoms with Gasteiger partial charge < -0.3 is 24.6 Å². The molecule has 2 aliphatic heterocycles. The minimum Gasteiger partial charge on any atom is -0.477 e. The molecule has 2 amide bonds. The molecule has 0 radical (unpaired) electrons. The third kappa shape index (κ3) is 4.56. The summed E-state index contributed by atoms with van der Waals surface area (Å²) in [5.74, 6) is 0.456. The number of hydrogen-bond donors (Lipinski definition) is 1. The van der Waals surface area contributed by atoms with Crippen molar-refractivity contribution in [2.24, 2.45) is 0 Å². The standard InChI is InChI=1S/C27H29N3O4/c1-19(21-10-6-8-20-7-2-3-9-22(20)21)28-26(31)18-30-17-25(27(32)29-13-15-33-16-14-29)34-24-12-5-4-11-23(24)30/h2-12,19,25H,13-18H2,1H3,(H,28,31). The van der Waals surface area contributed by atoms with Crippen molar-refractivity contribution in [3.63, 3.8) is 0 Å². The lowest BCUT2D eigenvalue weighted by Crippen LogP contribution is -2.54. The van der Waals surface area contributed by atoms with E-state index in [9.17, 15) is 9.59 Å². The van der Waals surface area contributed by atoms with Gasteiger partial charge in [0, 0.05) is 13.1 Å². The van der Waals surface area contributed by atoms with Gasteiger partial charge in [0.15, 0.2) is 6.10 Å². The third-order valence-corrected chi connectivity index (χ3v) is 6.46. The van der Waals surface area contributed by atoms with E-state index in [1.807, 2.05) is 60.4 Å². The number of nitrogens with zero attached hydrogens (tertiary/aromatic N) is 2. The summed E-state index contributed by atoms with van der Waals surface area (Å²) >= 11 is 0. The first kappa shape index (κ1) is 22.2. The highest BCUT2D eigenvalue weighted by Crippen LogP contribution is 2.33. The average Bonchev–Trinajstić information content (AvgIpc) is 2.88. The Morgan fingerprint density at radius 1 is 1.00 bits per heavy atom. The molecule has 0 saturated carbocycles. The molecule has 0 aliphatic carbocycles. The van der Waals surface area contributed by atoms with Crippen LogP contribution in [0.4, 0.5) is 5.69 Å². The predicted octanol–water partition coefficient (Wildman–Crippen LogP) is 3.14. The number of para-hydroxylation sites is 2. The molecule has 2 heterocycles. The molecule has 3 aromatic carbocycles. The normalized spacial score (nSPS) is 18.7. The summed E-state index contributed by atoms with van der Waals surface area (Å²) in [7, 11) is 0. The van der Waals surface area contributed by atoms with Gasteiger partial charge in [-0.3, -0.25) is 9.59 Å². The molecular weight excluding hydrogens is 430 g/mol. The lowest BCUT2D eigenvalue weighted by atomic mass is 10.00. The Labute approximate surface area is 199 Å². The van der Waals surface area contributed by atoms with Crippen LogP contribution in [0.15, 0.2) is 66.7 Å². The maximum atomic E-state index is 13.1. The number of rotatable bonds is 5. The smallest absolute Gasteiger partial charge is 0.265 e. The Kier molecular flexibility index (Phi) is 6.36. The number of anilines is 1. The van der Waals surface area contributed by atoms with Crippen molar-refractivity contribution in [3.05, 3.63) is 72.3 Å². The molecule has 176 valence electrons. The highest BCUT2D eigenvalue weighted by molar-refractivity contribution is 5.88. The fourth-order valence-electron chi connectivity index (χ4n) is 4.74. The zero-order valence-corrected chi connectivity index (χ0v) is 19.3. The van der Waals surface area contributed by atoms with Crippen LogP contribution in [-0.4, -0.2) is 62.2 Å². The van der Waals surface area contributed by atoms with Gasteiger partial charge in [0.05, 0.1) is 38.0 Å². The number of carbonyl (C=O) groups excluding carboxylic acids is 2. The van der Waals surface area contributed by atoms with E-state index in [4.69, 9.17) is 9.47 Å². The van der Waals surface area contributed by atoms with E-state index in [2.05, 4.69) is 23.5 Å². The van der Waals surface area contributed by atoms with Gasteiger partial charge in [-0.1, -0.05) is 54.6 Å². The predicted molar refractivity (Wildman–Crippen MR) is 131 cm³/mol. The fourth-order valence-corrected chi connectivity index (χ4v) is 4.74. The second-order valence-corrected chi connectivity index (χ2v) is 8.75. The van der Waals surface area contributed by atoms with Crippen LogP contribution in [0.5, 0.6) is 5.75 Å². The number of amides is 2. The zero-order valence-electron chi connectivity index (χ0n) is 19.3. The molecule has 2 unspecified atom stereocenters. The van der Waals surface area contributed by atoms with E-state index < -0.39 is 6.10 Å². The van der Waals surface area contributed by atoms with Gasteiger partial charge >= 0.3 is 0 Å². The van der Waals surface area contributed by atoms with Gasteiger partial charge in [-0.05, 0) is 35.4 Å². The minimum atomic E-state index is -0.656. The fraction of sp³-hybridized carbons (Fsp3) is 0.333. The molecule has 0 bridgehead atoms. The maximum absolute atomic E-state index is 13.1. The van der Waals surface area contributed by atoms with Gasteiger partial charge in [-0.15, -0.1) is 0 Å². The summed E-state index contributed by atoms with van der Waals surface area (Å²) in [6.45, 7) is 4.65. The second kappa shape index (κ2) is 9.73. The highest BCUT2D eigenvalue weighted by Gasteiger charge is 2.34. The summed E-state index contributed by atoms with van der Waals surface area (Å²) in [5.41, 5.74) is 1.90. The van der Waals surface area contributed by atoms with Gasteiger partial charge in [0.1, 0.15) is 5.75 Å². The summed E-state index contributed by atoms with van der Waals surface area (Å²) in [6, 6.07) is 21.7. The summed E-state index contributed by atoms with van der Waals surface area (Å²) < 4.78 is 11.4. The van der Waals surface area contributed by atoms with Crippen molar-refractivity contribution in [2.45, 2.75) is 19.1 Å². The Bertz CT molecular complexity index is 1190. The van der Waals surface area contributed by atoms with E-state index in [0.717, 1.165) is 22.0 Å². The Morgan fingerprint density at radius 2 is 1.74 bits per heavy atom. The number of fused-ring (bicyclic) bond motifs is 2. The first-order chi connectivity index (χ1) is 16.6. The molecule has 34 heavy (non-hydrogen) atoms. The monoisotopic (exact) mass is 459 g/mol. The van der Waals surface area contributed by atoms with Crippen LogP contribution in [0, 0.1) is 0 Å². The number of morpholine rings is 1. The largest absolute Gasteiger partial charge is 0.477 e. The lowest BCUT2D eigenvalue weighted by molar-refractivity contribution is -0.142. The minimum absolute atomic E-state index is 0.0627. The number of benzene rings is 3. The number of nitrogens with one attached hydrogen (secondary N) is 1. The SMILES string of the molecule is CC(NC(=O)CN1CC(C(=O)N2CCOCC2)Oc2ccccc21)c1cccc2ccccc12. The Balaban J connectivity index is 1.31. The van der Waals surface area contributed by atoms with Crippen molar-refractivity contribution < 1.29 is 19.1 Å². The molecule has 2 atom stereocenters. The van der Waals surface area contributed by atoms with Crippen molar-refractivity contribution in [1.29, 1.82) is 0 Å². The van der Waals surface area contributed by atoms with Crippen molar-refractivity contribution in [3.8, 4) is 5.75 Å². The van der Waals surface area contributed by atoms with Crippen LogP contribution in [0.2, 0.25) is 0 Å². The Morgan fingerprint density at radius 3 is 2.59 bits per heavy atom. The van der Waals surface area contributed by atoms with Crippen LogP contribution >= 0.6 is 0 Å². The van der Waals surface area contributed by atoms with Crippen molar-refractivity contribution >= 4 is 28.3 Å². The van der Waals surface area contributed by atoms with Crippen molar-refractivity contribution in [1.82, 2.24) is 10.2 Å².